The third kappa shape index (κ3) is 4.13. The lowest BCUT2D eigenvalue weighted by Crippen LogP contribution is -2.39. The normalized spacial score (nSPS) is 19.7. The Balaban J connectivity index is 1.47. The van der Waals surface area contributed by atoms with E-state index < -0.39 is 0 Å². The average Bonchev–Trinajstić information content (AvgIpc) is 3.28. The van der Waals surface area contributed by atoms with E-state index in [2.05, 4.69) is 24.0 Å². The molecule has 1 aromatic carbocycles. The molecule has 1 unspecified atom stereocenters. The van der Waals surface area contributed by atoms with E-state index in [1.165, 1.54) is 12.8 Å². The molecule has 4 rings (SSSR count). The van der Waals surface area contributed by atoms with E-state index >= 15 is 0 Å². The Morgan fingerprint density at radius 2 is 1.79 bits per heavy atom. The number of aromatic nitrogens is 1. The van der Waals surface area contributed by atoms with E-state index in [-0.39, 0.29) is 12.1 Å². The number of anilines is 1. The highest BCUT2D eigenvalue weighted by atomic mass is 16.6. The molecule has 0 saturated carbocycles. The molecule has 0 bridgehead atoms. The van der Waals surface area contributed by atoms with E-state index in [4.69, 9.17) is 9.72 Å². The number of likely N-dealkylation sites (tertiary alicyclic amines) is 1. The first kappa shape index (κ1) is 18.8. The number of hydrogen-bond acceptors (Lipinski definition) is 4. The molecular weight excluding hydrogens is 350 g/mol. The van der Waals surface area contributed by atoms with E-state index in [1.54, 1.807) is 0 Å². The molecule has 2 aliphatic rings. The summed E-state index contributed by atoms with van der Waals surface area (Å²) in [7, 11) is 0. The molecule has 2 aliphatic heterocycles. The number of carbonyl (C=O) groups excluding carboxylic acids is 1. The van der Waals surface area contributed by atoms with Crippen molar-refractivity contribution >= 4 is 11.9 Å². The highest BCUT2D eigenvalue weighted by Gasteiger charge is 2.30. The Labute approximate surface area is 167 Å². The number of benzene rings is 1. The van der Waals surface area contributed by atoms with E-state index in [9.17, 15) is 4.79 Å². The zero-order valence-corrected chi connectivity index (χ0v) is 16.6. The lowest BCUT2D eigenvalue weighted by molar-refractivity contribution is 0.0677. The molecule has 2 fully saturated rings. The van der Waals surface area contributed by atoms with Crippen molar-refractivity contribution in [2.45, 2.75) is 51.7 Å². The summed E-state index contributed by atoms with van der Waals surface area (Å²) in [6.45, 7) is 5.30. The van der Waals surface area contributed by atoms with Crippen molar-refractivity contribution in [1.82, 2.24) is 9.88 Å². The van der Waals surface area contributed by atoms with Gasteiger partial charge < -0.3 is 14.5 Å². The zero-order chi connectivity index (χ0) is 19.3. The van der Waals surface area contributed by atoms with Crippen LogP contribution in [0.2, 0.25) is 0 Å². The Morgan fingerprint density at radius 3 is 2.54 bits per heavy atom. The fourth-order valence-corrected chi connectivity index (χ4v) is 4.31. The van der Waals surface area contributed by atoms with Crippen LogP contribution >= 0.6 is 0 Å². The third-order valence-electron chi connectivity index (χ3n) is 5.84. The van der Waals surface area contributed by atoms with Gasteiger partial charge in [0.2, 0.25) is 0 Å². The van der Waals surface area contributed by atoms with Crippen molar-refractivity contribution in [2.75, 3.05) is 24.5 Å². The van der Waals surface area contributed by atoms with Gasteiger partial charge in [0.05, 0.1) is 6.04 Å². The Morgan fingerprint density at radius 1 is 1.04 bits per heavy atom. The minimum absolute atomic E-state index is 0.0529. The number of rotatable bonds is 4. The van der Waals surface area contributed by atoms with Gasteiger partial charge in [0, 0.05) is 25.3 Å². The molecule has 1 aromatic heterocycles. The predicted octanol–water partition coefficient (Wildman–Crippen LogP) is 4.85. The van der Waals surface area contributed by atoms with Crippen LogP contribution in [0, 0.1) is 6.92 Å². The fourth-order valence-electron chi connectivity index (χ4n) is 4.31. The number of amides is 1. The molecule has 2 saturated heterocycles. The maximum Gasteiger partial charge on any atom is 0.410 e. The topological polar surface area (TPSA) is 45.7 Å². The largest absolute Gasteiger partial charge is 0.445 e. The molecule has 0 spiro atoms. The monoisotopic (exact) mass is 379 g/mol. The Hall–Kier alpha value is -2.56. The summed E-state index contributed by atoms with van der Waals surface area (Å²) in [5, 5.41) is 0. The van der Waals surface area contributed by atoms with Crippen LogP contribution in [0.4, 0.5) is 10.6 Å². The predicted molar refractivity (Wildman–Crippen MR) is 110 cm³/mol. The van der Waals surface area contributed by atoms with Crippen LogP contribution in [0.1, 0.15) is 55.0 Å². The quantitative estimate of drug-likeness (QED) is 0.761. The van der Waals surface area contributed by atoms with Gasteiger partial charge in [0.15, 0.2) is 0 Å². The first-order valence-electron chi connectivity index (χ1n) is 10.4. The first-order valence-corrected chi connectivity index (χ1v) is 10.4. The number of piperidine rings is 1. The number of carbonyl (C=O) groups is 1. The SMILES string of the molecule is Cc1nc(N2CCCC2)ccc1C1CCCCN1C(=O)OCc1ccccc1. The van der Waals surface area contributed by atoms with Gasteiger partial charge in [-0.3, -0.25) is 0 Å². The van der Waals surface area contributed by atoms with Crippen molar-refractivity contribution in [1.29, 1.82) is 0 Å². The molecule has 148 valence electrons. The van der Waals surface area contributed by atoms with Gasteiger partial charge in [-0.15, -0.1) is 0 Å². The second-order valence-corrected chi connectivity index (χ2v) is 7.78. The smallest absolute Gasteiger partial charge is 0.410 e. The van der Waals surface area contributed by atoms with Crippen LogP contribution in [0.15, 0.2) is 42.5 Å². The summed E-state index contributed by atoms with van der Waals surface area (Å²) in [5.74, 6) is 1.06. The molecular formula is C23H29N3O2. The number of nitrogens with zero attached hydrogens (tertiary/aromatic N) is 3. The fraction of sp³-hybridized carbons (Fsp3) is 0.478. The Kier molecular flexibility index (Phi) is 5.79. The van der Waals surface area contributed by atoms with Gasteiger partial charge in [-0.1, -0.05) is 36.4 Å². The second-order valence-electron chi connectivity index (χ2n) is 7.78. The summed E-state index contributed by atoms with van der Waals surface area (Å²) < 4.78 is 5.62. The number of ether oxygens (including phenoxy) is 1. The van der Waals surface area contributed by atoms with Crippen LogP contribution in [0.3, 0.4) is 0 Å². The highest BCUT2D eigenvalue weighted by molar-refractivity contribution is 5.68. The van der Waals surface area contributed by atoms with Gasteiger partial charge in [-0.25, -0.2) is 9.78 Å². The maximum absolute atomic E-state index is 12.8. The minimum Gasteiger partial charge on any atom is -0.445 e. The molecule has 1 atom stereocenters. The molecule has 3 heterocycles. The first-order chi connectivity index (χ1) is 13.7. The van der Waals surface area contributed by atoms with Crippen LogP contribution in [-0.4, -0.2) is 35.6 Å². The minimum atomic E-state index is -0.225. The van der Waals surface area contributed by atoms with Gasteiger partial charge in [-0.05, 0) is 56.2 Å². The van der Waals surface area contributed by atoms with Gasteiger partial charge in [-0.2, -0.15) is 0 Å². The van der Waals surface area contributed by atoms with E-state index in [0.717, 1.165) is 61.5 Å². The molecule has 5 nitrogen and oxygen atoms in total. The molecule has 0 aliphatic carbocycles. The van der Waals surface area contributed by atoms with Crippen LogP contribution in [0.5, 0.6) is 0 Å². The molecule has 28 heavy (non-hydrogen) atoms. The van der Waals surface area contributed by atoms with Gasteiger partial charge >= 0.3 is 6.09 Å². The lowest BCUT2D eigenvalue weighted by Gasteiger charge is -2.36. The van der Waals surface area contributed by atoms with Crippen LogP contribution < -0.4 is 4.90 Å². The maximum atomic E-state index is 12.8. The van der Waals surface area contributed by atoms with Crippen molar-refractivity contribution in [3.8, 4) is 0 Å². The number of pyridine rings is 1. The lowest BCUT2D eigenvalue weighted by atomic mass is 9.94. The zero-order valence-electron chi connectivity index (χ0n) is 16.6. The molecule has 2 aromatic rings. The van der Waals surface area contributed by atoms with Crippen LogP contribution in [-0.2, 0) is 11.3 Å². The number of aryl methyl sites for hydroxylation is 1. The van der Waals surface area contributed by atoms with Crippen molar-refractivity contribution in [3.05, 3.63) is 59.3 Å². The van der Waals surface area contributed by atoms with Crippen molar-refractivity contribution in [2.24, 2.45) is 0 Å². The van der Waals surface area contributed by atoms with Crippen molar-refractivity contribution < 1.29 is 9.53 Å². The van der Waals surface area contributed by atoms with Gasteiger partial charge in [0.1, 0.15) is 12.4 Å². The summed E-state index contributed by atoms with van der Waals surface area (Å²) in [4.78, 5) is 21.9. The second kappa shape index (κ2) is 8.63. The third-order valence-corrected chi connectivity index (χ3v) is 5.84. The molecule has 1 amide bonds. The van der Waals surface area contributed by atoms with Gasteiger partial charge in [0.25, 0.3) is 0 Å². The van der Waals surface area contributed by atoms with Crippen LogP contribution in [0.25, 0.3) is 0 Å². The molecule has 0 N–H and O–H groups in total. The van der Waals surface area contributed by atoms with Crippen molar-refractivity contribution in [3.63, 3.8) is 0 Å². The average molecular weight is 380 g/mol. The Bertz CT molecular complexity index is 803. The summed E-state index contributed by atoms with van der Waals surface area (Å²) in [6.07, 6.45) is 5.37. The van der Waals surface area contributed by atoms with E-state index in [0.29, 0.717) is 6.61 Å². The molecule has 5 heteroatoms. The number of hydrogen-bond donors (Lipinski definition) is 0. The van der Waals surface area contributed by atoms with E-state index in [1.807, 2.05) is 35.2 Å². The highest BCUT2D eigenvalue weighted by Crippen LogP contribution is 2.34. The summed E-state index contributed by atoms with van der Waals surface area (Å²) in [5.41, 5.74) is 3.19. The summed E-state index contributed by atoms with van der Waals surface area (Å²) >= 11 is 0. The molecule has 0 radical (unpaired) electrons. The standard InChI is InChI=1S/C23H29N3O2/c1-18-20(12-13-22(24-18)25-14-7-8-15-25)21-11-5-6-16-26(21)23(27)28-17-19-9-3-2-4-10-19/h2-4,9-10,12-13,21H,5-8,11,14-17H2,1H3. The summed E-state index contributed by atoms with van der Waals surface area (Å²) in [6, 6.07) is 14.2.